The Hall–Kier alpha value is -2.98. The summed E-state index contributed by atoms with van der Waals surface area (Å²) in [6.07, 6.45) is 0.457. The second-order valence-electron chi connectivity index (χ2n) is 7.13. The van der Waals surface area contributed by atoms with E-state index in [0.717, 1.165) is 40.3 Å². The van der Waals surface area contributed by atoms with Gasteiger partial charge in [-0.1, -0.05) is 48.0 Å². The average Bonchev–Trinajstić information content (AvgIpc) is 3.20. The van der Waals surface area contributed by atoms with Gasteiger partial charge < -0.3 is 9.47 Å². The van der Waals surface area contributed by atoms with E-state index in [2.05, 4.69) is 23.2 Å². The molecule has 0 spiro atoms. The highest BCUT2D eigenvalue weighted by Crippen LogP contribution is 2.48. The number of nitrogens with zero attached hydrogens (tertiary/aromatic N) is 2. The van der Waals surface area contributed by atoms with Gasteiger partial charge in [0.25, 0.3) is 0 Å². The molecule has 2 atom stereocenters. The van der Waals surface area contributed by atoms with Crippen LogP contribution in [0.25, 0.3) is 0 Å². The number of para-hydroxylation sites is 1. The van der Waals surface area contributed by atoms with E-state index in [1.165, 1.54) is 0 Å². The van der Waals surface area contributed by atoms with Crippen molar-refractivity contribution in [2.24, 2.45) is 5.10 Å². The Balaban J connectivity index is 1.55. The highest BCUT2D eigenvalue weighted by molar-refractivity contribution is 6.31. The van der Waals surface area contributed by atoms with Gasteiger partial charge in [0.2, 0.25) is 6.23 Å². The molecule has 0 radical (unpaired) electrons. The summed E-state index contributed by atoms with van der Waals surface area (Å²) in [5, 5.41) is 7.71. The van der Waals surface area contributed by atoms with Crippen molar-refractivity contribution >= 4 is 17.3 Å². The summed E-state index contributed by atoms with van der Waals surface area (Å²) in [6.45, 7) is 2.64. The molecule has 2 aliphatic heterocycles. The highest BCUT2D eigenvalue weighted by Gasteiger charge is 2.41. The summed E-state index contributed by atoms with van der Waals surface area (Å²) in [4.78, 5) is 0. The topological polar surface area (TPSA) is 34.1 Å². The van der Waals surface area contributed by atoms with Crippen LogP contribution in [-0.4, -0.2) is 17.3 Å². The minimum absolute atomic E-state index is 0.114. The normalized spacial score (nSPS) is 19.8. The Morgan fingerprint density at radius 2 is 1.72 bits per heavy atom. The van der Waals surface area contributed by atoms with Crippen molar-refractivity contribution in [1.29, 1.82) is 0 Å². The smallest absolute Gasteiger partial charge is 0.215 e. The van der Waals surface area contributed by atoms with Crippen LogP contribution >= 0.6 is 11.6 Å². The molecule has 5 rings (SSSR count). The number of halogens is 1. The van der Waals surface area contributed by atoms with E-state index >= 15 is 0 Å². The second-order valence-corrected chi connectivity index (χ2v) is 7.54. The van der Waals surface area contributed by atoms with Crippen molar-refractivity contribution in [2.75, 3.05) is 6.61 Å². The van der Waals surface area contributed by atoms with E-state index in [1.807, 2.05) is 61.5 Å². The molecule has 0 saturated carbocycles. The number of ether oxygens (including phenoxy) is 2. The number of hydrazone groups is 1. The lowest BCUT2D eigenvalue weighted by molar-refractivity contribution is -0.0189. The molecule has 0 unspecified atom stereocenters. The van der Waals surface area contributed by atoms with Crippen molar-refractivity contribution in [3.8, 4) is 11.5 Å². The van der Waals surface area contributed by atoms with E-state index in [4.69, 9.17) is 26.2 Å². The molecule has 3 aromatic carbocycles. The molecule has 3 aromatic rings. The Labute approximate surface area is 175 Å². The van der Waals surface area contributed by atoms with Crippen LogP contribution < -0.4 is 9.47 Å². The van der Waals surface area contributed by atoms with Gasteiger partial charge in [0.1, 0.15) is 11.5 Å². The predicted octanol–water partition coefficient (Wildman–Crippen LogP) is 5.98. The summed E-state index contributed by atoms with van der Waals surface area (Å²) in [5.74, 6) is 1.76. The van der Waals surface area contributed by atoms with Crippen LogP contribution in [0, 0.1) is 0 Å². The van der Waals surface area contributed by atoms with Gasteiger partial charge in [0.15, 0.2) is 0 Å². The summed E-state index contributed by atoms with van der Waals surface area (Å²) in [7, 11) is 0. The first-order valence-electron chi connectivity index (χ1n) is 9.83. The largest absolute Gasteiger partial charge is 0.494 e. The monoisotopic (exact) mass is 404 g/mol. The maximum absolute atomic E-state index is 6.51. The summed E-state index contributed by atoms with van der Waals surface area (Å²) < 4.78 is 11.9. The zero-order chi connectivity index (χ0) is 19.8. The van der Waals surface area contributed by atoms with Crippen molar-refractivity contribution in [2.45, 2.75) is 25.6 Å². The maximum Gasteiger partial charge on any atom is 0.215 e. The van der Waals surface area contributed by atoms with E-state index in [1.54, 1.807) is 0 Å². The number of rotatable bonds is 4. The van der Waals surface area contributed by atoms with E-state index < -0.39 is 0 Å². The Bertz CT molecular complexity index is 1060. The quantitative estimate of drug-likeness (QED) is 0.536. The average molecular weight is 405 g/mol. The molecule has 0 aliphatic carbocycles. The SMILES string of the molecule is CCOc1ccc(C2=NN3[C@H](C2)c2ccccc2O[C@@H]3c2ccccc2Cl)cc1. The molecule has 29 heavy (non-hydrogen) atoms. The predicted molar refractivity (Wildman–Crippen MR) is 115 cm³/mol. The first-order valence-corrected chi connectivity index (χ1v) is 10.2. The lowest BCUT2D eigenvalue weighted by Crippen LogP contribution is -2.33. The van der Waals surface area contributed by atoms with Crippen molar-refractivity contribution in [3.63, 3.8) is 0 Å². The van der Waals surface area contributed by atoms with Gasteiger partial charge in [0, 0.05) is 22.6 Å². The van der Waals surface area contributed by atoms with Crippen LogP contribution in [0.2, 0.25) is 5.02 Å². The van der Waals surface area contributed by atoms with E-state index in [9.17, 15) is 0 Å². The fourth-order valence-electron chi connectivity index (χ4n) is 4.00. The molecule has 146 valence electrons. The second kappa shape index (κ2) is 7.45. The molecule has 0 aromatic heterocycles. The molecular formula is C24H21ClN2O2. The van der Waals surface area contributed by atoms with Crippen molar-refractivity contribution in [3.05, 3.63) is 94.5 Å². The minimum atomic E-state index is -0.358. The first-order chi connectivity index (χ1) is 14.2. The van der Waals surface area contributed by atoms with Gasteiger partial charge in [0.05, 0.1) is 18.4 Å². The number of hydrogen-bond donors (Lipinski definition) is 0. The van der Waals surface area contributed by atoms with Crippen LogP contribution in [0.3, 0.4) is 0 Å². The third-order valence-electron chi connectivity index (χ3n) is 5.37. The fraction of sp³-hybridized carbons (Fsp3) is 0.208. The zero-order valence-corrected chi connectivity index (χ0v) is 16.8. The molecule has 0 saturated heterocycles. The molecule has 0 N–H and O–H groups in total. The van der Waals surface area contributed by atoms with Crippen molar-refractivity contribution in [1.82, 2.24) is 5.01 Å². The molecule has 5 heteroatoms. The Kier molecular flexibility index (Phi) is 4.64. The van der Waals surface area contributed by atoms with E-state index in [-0.39, 0.29) is 12.3 Å². The van der Waals surface area contributed by atoms with Gasteiger partial charge in [-0.05, 0) is 48.9 Å². The fourth-order valence-corrected chi connectivity index (χ4v) is 4.23. The summed E-state index contributed by atoms with van der Waals surface area (Å²) >= 11 is 6.51. The standard InChI is InChI=1S/C24H21ClN2O2/c1-2-28-17-13-11-16(12-14-17)21-15-22-19-8-4-6-10-23(19)29-24(27(22)26-21)18-7-3-5-9-20(18)25/h3-14,22,24H,2,15H2,1H3/t22-,24-/m1/s1. The molecule has 0 bridgehead atoms. The van der Waals surface area contributed by atoms with Gasteiger partial charge in [-0.3, -0.25) is 0 Å². The van der Waals surface area contributed by atoms with Gasteiger partial charge in [-0.25, -0.2) is 5.01 Å². The van der Waals surface area contributed by atoms with Crippen LogP contribution in [0.15, 0.2) is 77.9 Å². The minimum Gasteiger partial charge on any atom is -0.494 e. The summed E-state index contributed by atoms with van der Waals surface area (Å²) in [5.41, 5.74) is 4.21. The lowest BCUT2D eigenvalue weighted by atomic mass is 9.96. The molecule has 0 fully saturated rings. The number of fused-ring (bicyclic) bond motifs is 3. The van der Waals surface area contributed by atoms with Gasteiger partial charge in [-0.15, -0.1) is 0 Å². The van der Waals surface area contributed by atoms with Crippen LogP contribution in [-0.2, 0) is 0 Å². The lowest BCUT2D eigenvalue weighted by Gasteiger charge is -2.38. The maximum atomic E-state index is 6.51. The van der Waals surface area contributed by atoms with Gasteiger partial charge in [-0.2, -0.15) is 5.10 Å². The zero-order valence-electron chi connectivity index (χ0n) is 16.1. The molecule has 2 aliphatic rings. The number of hydrogen-bond acceptors (Lipinski definition) is 4. The van der Waals surface area contributed by atoms with Crippen LogP contribution in [0.1, 0.15) is 42.3 Å². The Morgan fingerprint density at radius 3 is 2.48 bits per heavy atom. The number of benzene rings is 3. The summed E-state index contributed by atoms with van der Waals surface area (Å²) in [6, 6.07) is 24.2. The molecule has 2 heterocycles. The highest BCUT2D eigenvalue weighted by atomic mass is 35.5. The molecule has 4 nitrogen and oxygen atoms in total. The van der Waals surface area contributed by atoms with Crippen LogP contribution in [0.4, 0.5) is 0 Å². The first kappa shape index (κ1) is 18.1. The third-order valence-corrected chi connectivity index (χ3v) is 5.71. The van der Waals surface area contributed by atoms with Crippen LogP contribution in [0.5, 0.6) is 11.5 Å². The molecule has 0 amide bonds. The van der Waals surface area contributed by atoms with Crippen molar-refractivity contribution < 1.29 is 9.47 Å². The van der Waals surface area contributed by atoms with Gasteiger partial charge >= 0.3 is 0 Å². The van der Waals surface area contributed by atoms with E-state index in [0.29, 0.717) is 11.6 Å². The molecular weight excluding hydrogens is 384 g/mol. The Morgan fingerprint density at radius 1 is 1.00 bits per heavy atom. The third kappa shape index (κ3) is 3.23.